The van der Waals surface area contributed by atoms with E-state index in [0.717, 1.165) is 21.3 Å². The Hall–Kier alpha value is -3.45. The monoisotopic (exact) mass is 493 g/mol. The van der Waals surface area contributed by atoms with Crippen molar-refractivity contribution < 1.29 is 14.3 Å². The molecule has 0 saturated heterocycles. The van der Waals surface area contributed by atoms with Gasteiger partial charge < -0.3 is 10.1 Å². The number of benzene rings is 3. The van der Waals surface area contributed by atoms with Crippen LogP contribution in [-0.2, 0) is 16.2 Å². The number of rotatable bonds is 9. The van der Waals surface area contributed by atoms with Gasteiger partial charge >= 0.3 is 0 Å². The number of halogens is 1. The minimum absolute atomic E-state index is 0.0471. The highest BCUT2D eigenvalue weighted by Crippen LogP contribution is 2.26. The lowest BCUT2D eigenvalue weighted by atomic mass is 10.2. The van der Waals surface area contributed by atoms with Crippen LogP contribution in [0.5, 0.6) is 5.75 Å². The third-order valence-corrected chi connectivity index (χ3v) is 5.13. The zero-order chi connectivity index (χ0) is 22.8. The van der Waals surface area contributed by atoms with Gasteiger partial charge in [0, 0.05) is 18.5 Å². The smallest absolute Gasteiger partial charge is 0.240 e. The van der Waals surface area contributed by atoms with Crippen LogP contribution in [0.15, 0.2) is 82.4 Å². The van der Waals surface area contributed by atoms with Gasteiger partial charge in [0.25, 0.3) is 0 Å². The van der Waals surface area contributed by atoms with E-state index < -0.39 is 0 Å². The fourth-order valence-electron chi connectivity index (χ4n) is 2.77. The van der Waals surface area contributed by atoms with Crippen molar-refractivity contribution in [2.24, 2.45) is 5.10 Å². The average Bonchev–Trinajstić information content (AvgIpc) is 2.79. The van der Waals surface area contributed by atoms with E-state index in [1.54, 1.807) is 12.1 Å². The number of anilines is 1. The Kier molecular flexibility index (Phi) is 8.57. The highest BCUT2D eigenvalue weighted by Gasteiger charge is 2.07. The second kappa shape index (κ2) is 11.8. The zero-order valence-corrected chi connectivity index (χ0v) is 19.3. The van der Waals surface area contributed by atoms with Gasteiger partial charge in [-0.05, 0) is 64.3 Å². The lowest BCUT2D eigenvalue weighted by Gasteiger charge is -2.09. The SMILES string of the molecule is Cc1ccc(COc2ccc(C=NNC(=O)CCC(=O)Nc3ccccc3)cc2Br)cc1. The second-order valence-corrected chi connectivity index (χ2v) is 8.03. The van der Waals surface area contributed by atoms with Crippen LogP contribution in [0.25, 0.3) is 0 Å². The van der Waals surface area contributed by atoms with Crippen LogP contribution in [0.2, 0.25) is 0 Å². The number of hydrogen-bond acceptors (Lipinski definition) is 4. The van der Waals surface area contributed by atoms with Crippen molar-refractivity contribution in [3.63, 3.8) is 0 Å². The largest absolute Gasteiger partial charge is 0.488 e. The first-order valence-electron chi connectivity index (χ1n) is 10.1. The minimum Gasteiger partial charge on any atom is -0.488 e. The normalized spacial score (nSPS) is 10.7. The van der Waals surface area contributed by atoms with E-state index in [1.165, 1.54) is 11.8 Å². The summed E-state index contributed by atoms with van der Waals surface area (Å²) in [4.78, 5) is 23.8. The number of ether oxygens (including phenoxy) is 1. The van der Waals surface area contributed by atoms with Crippen LogP contribution in [0.1, 0.15) is 29.5 Å². The molecule has 0 unspecified atom stereocenters. The summed E-state index contributed by atoms with van der Waals surface area (Å²) >= 11 is 3.50. The summed E-state index contributed by atoms with van der Waals surface area (Å²) in [6.45, 7) is 2.52. The van der Waals surface area contributed by atoms with Gasteiger partial charge in [0.05, 0.1) is 10.7 Å². The predicted molar refractivity (Wildman–Crippen MR) is 130 cm³/mol. The van der Waals surface area contributed by atoms with Gasteiger partial charge in [0.2, 0.25) is 11.8 Å². The van der Waals surface area contributed by atoms with Gasteiger partial charge in [0.1, 0.15) is 12.4 Å². The van der Waals surface area contributed by atoms with Gasteiger partial charge in [-0.15, -0.1) is 0 Å². The first-order chi connectivity index (χ1) is 15.5. The molecule has 0 aliphatic carbocycles. The van der Waals surface area contributed by atoms with E-state index in [9.17, 15) is 9.59 Å². The molecule has 164 valence electrons. The lowest BCUT2D eigenvalue weighted by Crippen LogP contribution is -2.20. The Morgan fingerprint density at radius 2 is 1.69 bits per heavy atom. The molecule has 0 atom stereocenters. The Morgan fingerprint density at radius 1 is 0.969 bits per heavy atom. The zero-order valence-electron chi connectivity index (χ0n) is 17.7. The molecule has 32 heavy (non-hydrogen) atoms. The third-order valence-electron chi connectivity index (χ3n) is 4.51. The van der Waals surface area contributed by atoms with Crippen LogP contribution < -0.4 is 15.5 Å². The maximum absolute atomic E-state index is 11.9. The molecular weight excluding hydrogens is 470 g/mol. The van der Waals surface area contributed by atoms with E-state index >= 15 is 0 Å². The molecule has 0 radical (unpaired) electrons. The molecule has 2 N–H and O–H groups in total. The van der Waals surface area contributed by atoms with Crippen molar-refractivity contribution in [3.05, 3.63) is 94.0 Å². The summed E-state index contributed by atoms with van der Waals surface area (Å²) in [6, 6.07) is 22.8. The molecule has 2 amide bonds. The van der Waals surface area contributed by atoms with Crippen LogP contribution in [0.4, 0.5) is 5.69 Å². The predicted octanol–water partition coefficient (Wildman–Crippen LogP) is 5.21. The average molecular weight is 494 g/mol. The topological polar surface area (TPSA) is 79.8 Å². The molecular formula is C25H24BrN3O3. The van der Waals surface area contributed by atoms with Crippen molar-refractivity contribution >= 4 is 39.6 Å². The maximum atomic E-state index is 11.9. The van der Waals surface area contributed by atoms with Crippen molar-refractivity contribution in [2.45, 2.75) is 26.4 Å². The fourth-order valence-corrected chi connectivity index (χ4v) is 3.28. The van der Waals surface area contributed by atoms with Crippen LogP contribution in [-0.4, -0.2) is 18.0 Å². The lowest BCUT2D eigenvalue weighted by molar-refractivity contribution is -0.124. The van der Waals surface area contributed by atoms with Gasteiger partial charge in [-0.3, -0.25) is 9.59 Å². The Morgan fingerprint density at radius 3 is 2.41 bits per heavy atom. The van der Waals surface area contributed by atoms with E-state index in [2.05, 4.69) is 43.9 Å². The Labute approximate surface area is 195 Å². The number of aryl methyl sites for hydroxylation is 1. The Balaban J connectivity index is 1.42. The summed E-state index contributed by atoms with van der Waals surface area (Å²) < 4.78 is 6.65. The molecule has 0 aliphatic rings. The van der Waals surface area contributed by atoms with Crippen molar-refractivity contribution in [1.29, 1.82) is 0 Å². The second-order valence-electron chi connectivity index (χ2n) is 7.17. The summed E-state index contributed by atoms with van der Waals surface area (Å²) in [5, 5.41) is 6.70. The first-order valence-corrected chi connectivity index (χ1v) is 10.9. The van der Waals surface area contributed by atoms with Crippen LogP contribution in [0, 0.1) is 6.92 Å². The summed E-state index contributed by atoms with van der Waals surface area (Å²) in [5.41, 5.74) is 6.23. The highest BCUT2D eigenvalue weighted by molar-refractivity contribution is 9.10. The number of nitrogens with zero attached hydrogens (tertiary/aromatic N) is 1. The molecule has 6 nitrogen and oxygen atoms in total. The summed E-state index contributed by atoms with van der Waals surface area (Å²) in [7, 11) is 0. The number of carbonyl (C=O) groups excluding carboxylic acids is 2. The van der Waals surface area contributed by atoms with Gasteiger partial charge in [-0.1, -0.05) is 48.0 Å². The number of nitrogens with one attached hydrogen (secondary N) is 2. The summed E-state index contributed by atoms with van der Waals surface area (Å²) in [5.74, 6) is 0.165. The summed E-state index contributed by atoms with van der Waals surface area (Å²) in [6.07, 6.45) is 1.66. The van der Waals surface area contributed by atoms with Crippen LogP contribution >= 0.6 is 15.9 Å². The molecule has 0 aliphatic heterocycles. The number of hydrogen-bond donors (Lipinski definition) is 2. The molecule has 3 aromatic rings. The van der Waals surface area contributed by atoms with E-state index in [0.29, 0.717) is 12.3 Å². The van der Waals surface area contributed by atoms with Crippen molar-refractivity contribution in [2.75, 3.05) is 5.32 Å². The number of para-hydroxylation sites is 1. The quantitative estimate of drug-likeness (QED) is 0.317. The Bertz CT molecular complexity index is 1080. The third kappa shape index (κ3) is 7.67. The highest BCUT2D eigenvalue weighted by atomic mass is 79.9. The van der Waals surface area contributed by atoms with E-state index in [4.69, 9.17) is 4.74 Å². The van der Waals surface area contributed by atoms with Crippen LogP contribution in [0.3, 0.4) is 0 Å². The molecule has 7 heteroatoms. The molecule has 3 rings (SSSR count). The maximum Gasteiger partial charge on any atom is 0.240 e. The number of amides is 2. The van der Waals surface area contributed by atoms with Crippen molar-refractivity contribution in [3.8, 4) is 5.75 Å². The molecule has 0 fully saturated rings. The van der Waals surface area contributed by atoms with E-state index in [-0.39, 0.29) is 24.7 Å². The molecule has 3 aromatic carbocycles. The standard InChI is InChI=1S/C25H24BrN3O3/c1-18-7-9-19(10-8-18)17-32-23-12-11-20(15-22(23)26)16-27-29-25(31)14-13-24(30)28-21-5-3-2-4-6-21/h2-12,15-16H,13-14,17H2,1H3,(H,28,30)(H,29,31). The molecule has 0 saturated carbocycles. The van der Waals surface area contributed by atoms with Gasteiger partial charge in [-0.25, -0.2) is 5.43 Å². The molecule has 0 spiro atoms. The van der Waals surface area contributed by atoms with E-state index in [1.807, 2.05) is 55.5 Å². The molecule has 0 heterocycles. The minimum atomic E-state index is -0.332. The number of hydrazone groups is 1. The number of carbonyl (C=O) groups is 2. The van der Waals surface area contributed by atoms with Gasteiger partial charge in [-0.2, -0.15) is 5.10 Å². The van der Waals surface area contributed by atoms with Gasteiger partial charge in [0.15, 0.2) is 0 Å². The fraction of sp³-hybridized carbons (Fsp3) is 0.160. The molecule has 0 bridgehead atoms. The first kappa shape index (κ1) is 23.2. The van der Waals surface area contributed by atoms with Crippen molar-refractivity contribution in [1.82, 2.24) is 5.43 Å². The molecule has 0 aromatic heterocycles.